The maximum absolute atomic E-state index is 13.8. The zero-order chi connectivity index (χ0) is 27.1. The number of carbonyl (C=O) groups is 2. The molecule has 38 heavy (non-hydrogen) atoms. The monoisotopic (exact) mass is 520 g/mol. The van der Waals surface area contributed by atoms with Crippen molar-refractivity contribution < 1.29 is 19.8 Å². The van der Waals surface area contributed by atoms with Crippen LogP contribution in [0.1, 0.15) is 76.0 Å². The number of likely N-dealkylation sites (tertiary alicyclic amines) is 1. The first-order valence-electron chi connectivity index (χ1n) is 14.4. The summed E-state index contributed by atoms with van der Waals surface area (Å²) in [5.41, 5.74) is 2.13. The van der Waals surface area contributed by atoms with E-state index in [4.69, 9.17) is 0 Å². The maximum atomic E-state index is 13.8. The number of aliphatic carboxylic acids is 1. The van der Waals surface area contributed by atoms with Crippen LogP contribution in [-0.2, 0) is 16.0 Å². The van der Waals surface area contributed by atoms with E-state index in [-0.39, 0.29) is 23.6 Å². The van der Waals surface area contributed by atoms with Crippen LogP contribution in [0.2, 0.25) is 0 Å². The maximum Gasteiger partial charge on any atom is 0.326 e. The lowest BCUT2D eigenvalue weighted by molar-refractivity contribution is -0.143. The van der Waals surface area contributed by atoms with Crippen molar-refractivity contribution in [1.29, 1.82) is 0 Å². The molecule has 1 aliphatic heterocycles. The lowest BCUT2D eigenvalue weighted by Gasteiger charge is -2.45. The van der Waals surface area contributed by atoms with Gasteiger partial charge < -0.3 is 15.5 Å². The van der Waals surface area contributed by atoms with Gasteiger partial charge in [0, 0.05) is 12.6 Å². The number of hydrogen-bond donors (Lipinski definition) is 3. The molecule has 3 N–H and O–H groups in total. The molecule has 4 rings (SSSR count). The predicted molar refractivity (Wildman–Crippen MR) is 150 cm³/mol. The molecule has 1 saturated carbocycles. The van der Waals surface area contributed by atoms with Crippen LogP contribution in [-0.4, -0.2) is 46.1 Å². The molecule has 6 nitrogen and oxygen atoms in total. The average molecular weight is 521 g/mol. The normalized spacial score (nSPS) is 24.4. The van der Waals surface area contributed by atoms with Gasteiger partial charge in [-0.15, -0.1) is 0 Å². The van der Waals surface area contributed by atoms with E-state index in [0.29, 0.717) is 37.1 Å². The molecule has 0 spiro atoms. The Balaban J connectivity index is 1.56. The minimum Gasteiger partial charge on any atom is -0.508 e. The van der Waals surface area contributed by atoms with Crippen LogP contribution in [0.5, 0.6) is 5.75 Å². The van der Waals surface area contributed by atoms with Gasteiger partial charge in [0.25, 0.3) is 0 Å². The highest BCUT2D eigenvalue weighted by Crippen LogP contribution is 2.40. The summed E-state index contributed by atoms with van der Waals surface area (Å²) in [6.45, 7) is 5.92. The van der Waals surface area contributed by atoms with Gasteiger partial charge in [-0.3, -0.25) is 9.69 Å². The number of phenols is 1. The predicted octanol–water partition coefficient (Wildman–Crippen LogP) is 5.81. The molecule has 1 amide bonds. The molecule has 1 heterocycles. The van der Waals surface area contributed by atoms with Gasteiger partial charge >= 0.3 is 5.97 Å². The van der Waals surface area contributed by atoms with E-state index in [1.165, 1.54) is 6.42 Å². The molecule has 5 atom stereocenters. The minimum absolute atomic E-state index is 0.0782. The second-order valence-corrected chi connectivity index (χ2v) is 11.7. The first kappa shape index (κ1) is 28.2. The topological polar surface area (TPSA) is 89.9 Å². The van der Waals surface area contributed by atoms with Crippen molar-refractivity contribution >= 4 is 11.9 Å². The highest BCUT2D eigenvalue weighted by Gasteiger charge is 2.37. The third-order valence-corrected chi connectivity index (χ3v) is 8.93. The van der Waals surface area contributed by atoms with E-state index < -0.39 is 12.0 Å². The molecule has 2 aromatic rings. The van der Waals surface area contributed by atoms with Crippen LogP contribution >= 0.6 is 0 Å². The summed E-state index contributed by atoms with van der Waals surface area (Å²) in [5.74, 6) is -0.0313. The van der Waals surface area contributed by atoms with E-state index >= 15 is 0 Å². The molecule has 206 valence electrons. The molecule has 2 aromatic carbocycles. The van der Waals surface area contributed by atoms with E-state index in [0.717, 1.165) is 49.8 Å². The summed E-state index contributed by atoms with van der Waals surface area (Å²) in [7, 11) is 0. The van der Waals surface area contributed by atoms with Gasteiger partial charge in [-0.05, 0) is 66.8 Å². The number of phenolic OH excluding ortho intramolecular Hbond substituents is 1. The molecule has 6 heteroatoms. The summed E-state index contributed by atoms with van der Waals surface area (Å²) < 4.78 is 0. The Bertz CT molecular complexity index is 1050. The number of benzene rings is 2. The lowest BCUT2D eigenvalue weighted by Crippen LogP contribution is -2.50. The van der Waals surface area contributed by atoms with E-state index in [1.54, 1.807) is 6.07 Å². The second-order valence-electron chi connectivity index (χ2n) is 11.7. The first-order chi connectivity index (χ1) is 18.3. The third-order valence-electron chi connectivity index (χ3n) is 8.93. The summed E-state index contributed by atoms with van der Waals surface area (Å²) in [6.07, 6.45) is 7.68. The Kier molecular flexibility index (Phi) is 9.84. The molecule has 1 aliphatic carbocycles. The van der Waals surface area contributed by atoms with Crippen molar-refractivity contribution in [2.24, 2.45) is 23.7 Å². The number of carboxylic acids is 1. The van der Waals surface area contributed by atoms with Gasteiger partial charge in [0.05, 0.1) is 5.92 Å². The molecule has 0 radical (unpaired) electrons. The number of rotatable bonds is 10. The summed E-state index contributed by atoms with van der Waals surface area (Å²) in [5, 5.41) is 23.1. The van der Waals surface area contributed by atoms with Crippen molar-refractivity contribution in [3.63, 3.8) is 0 Å². The Labute approximate surface area is 227 Å². The van der Waals surface area contributed by atoms with Crippen LogP contribution in [0.25, 0.3) is 0 Å². The number of piperidine rings is 1. The molecule has 2 fully saturated rings. The van der Waals surface area contributed by atoms with Gasteiger partial charge in [0.2, 0.25) is 5.91 Å². The highest BCUT2D eigenvalue weighted by atomic mass is 16.4. The Hall–Kier alpha value is -2.86. The number of carbonyl (C=O) groups excluding carboxylic acids is 1. The standard InChI is InChI=1S/C32H44N2O4/c1-22-16-17-34(30(23(22)2)26-14-9-15-28(35)20-26)21-27(18-24-10-5-3-6-11-24)31(36)33-29(32(37)38)19-25-12-7-4-8-13-25/h3,5-6,9-11,14-15,20,22-23,25,27,29-30,35H,4,7-8,12-13,16-19,21H2,1-2H3,(H,33,36)(H,37,38)/t22-,23-,27+,29+,30?/m1/s1. The number of amides is 1. The second kappa shape index (κ2) is 13.3. The van der Waals surface area contributed by atoms with Gasteiger partial charge in [-0.1, -0.05) is 88.4 Å². The molecule has 2 aliphatic rings. The molecule has 0 bridgehead atoms. The van der Waals surface area contributed by atoms with Gasteiger partial charge in [-0.25, -0.2) is 4.79 Å². The molecule has 0 aromatic heterocycles. The lowest BCUT2D eigenvalue weighted by atomic mass is 9.78. The van der Waals surface area contributed by atoms with Crippen LogP contribution in [0.4, 0.5) is 0 Å². The number of aromatic hydroxyl groups is 1. The van der Waals surface area contributed by atoms with Crippen molar-refractivity contribution in [3.05, 3.63) is 65.7 Å². The van der Waals surface area contributed by atoms with Gasteiger partial charge in [-0.2, -0.15) is 0 Å². The van der Waals surface area contributed by atoms with Gasteiger partial charge in [0.15, 0.2) is 0 Å². The highest BCUT2D eigenvalue weighted by molar-refractivity contribution is 5.85. The smallest absolute Gasteiger partial charge is 0.326 e. The zero-order valence-corrected chi connectivity index (χ0v) is 22.9. The Morgan fingerprint density at radius 3 is 2.42 bits per heavy atom. The van der Waals surface area contributed by atoms with Crippen molar-refractivity contribution in [3.8, 4) is 5.75 Å². The summed E-state index contributed by atoms with van der Waals surface area (Å²) >= 11 is 0. The van der Waals surface area contributed by atoms with Crippen molar-refractivity contribution in [2.75, 3.05) is 13.1 Å². The fourth-order valence-corrected chi connectivity index (χ4v) is 6.53. The zero-order valence-electron chi connectivity index (χ0n) is 22.9. The van der Waals surface area contributed by atoms with E-state index in [1.807, 2.05) is 42.5 Å². The van der Waals surface area contributed by atoms with Crippen molar-refractivity contribution in [2.45, 2.75) is 77.3 Å². The average Bonchev–Trinajstić information content (AvgIpc) is 2.91. The first-order valence-corrected chi connectivity index (χ1v) is 14.4. The molecule has 1 unspecified atom stereocenters. The van der Waals surface area contributed by atoms with Crippen LogP contribution < -0.4 is 5.32 Å². The number of nitrogens with one attached hydrogen (secondary N) is 1. The largest absolute Gasteiger partial charge is 0.508 e. The number of nitrogens with zero attached hydrogens (tertiary/aromatic N) is 1. The van der Waals surface area contributed by atoms with Crippen LogP contribution in [0.15, 0.2) is 54.6 Å². The molecular formula is C32H44N2O4. The van der Waals surface area contributed by atoms with Crippen molar-refractivity contribution in [1.82, 2.24) is 10.2 Å². The molecular weight excluding hydrogens is 476 g/mol. The Morgan fingerprint density at radius 2 is 1.74 bits per heavy atom. The summed E-state index contributed by atoms with van der Waals surface area (Å²) in [4.78, 5) is 28.3. The summed E-state index contributed by atoms with van der Waals surface area (Å²) in [6, 6.07) is 16.7. The number of carboxylic acid groups (broad SMARTS) is 1. The minimum atomic E-state index is -0.944. The SMILES string of the molecule is C[C@@H]1CCN(C[C@H](Cc2ccccc2)C(=O)N[C@@H](CC2CCCCC2)C(=O)O)C(c2cccc(O)c2)[C@@H]1C. The van der Waals surface area contributed by atoms with Crippen LogP contribution in [0.3, 0.4) is 0 Å². The molecule has 1 saturated heterocycles. The number of hydrogen-bond acceptors (Lipinski definition) is 4. The van der Waals surface area contributed by atoms with Gasteiger partial charge in [0.1, 0.15) is 11.8 Å². The quantitative estimate of drug-likeness (QED) is 0.368. The fraction of sp³-hybridized carbons (Fsp3) is 0.562. The van der Waals surface area contributed by atoms with E-state index in [9.17, 15) is 19.8 Å². The Morgan fingerprint density at radius 1 is 1.00 bits per heavy atom. The third kappa shape index (κ3) is 7.37. The van der Waals surface area contributed by atoms with E-state index in [2.05, 4.69) is 30.1 Å². The van der Waals surface area contributed by atoms with Crippen LogP contribution in [0, 0.1) is 23.7 Å². The fourth-order valence-electron chi connectivity index (χ4n) is 6.53.